The van der Waals surface area contributed by atoms with Gasteiger partial charge in [0.2, 0.25) is 0 Å². The van der Waals surface area contributed by atoms with Crippen LogP contribution in [0.25, 0.3) is 0 Å². The second kappa shape index (κ2) is 5.73. The molecule has 0 aromatic heterocycles. The molecule has 0 aliphatic rings. The molecule has 1 aromatic carbocycles. The van der Waals surface area contributed by atoms with Crippen molar-refractivity contribution < 1.29 is 14.6 Å². The molecule has 1 atom stereocenters. The summed E-state index contributed by atoms with van der Waals surface area (Å²) in [4.78, 5) is 11.4. The van der Waals surface area contributed by atoms with Crippen LogP contribution in [0.2, 0.25) is 0 Å². The van der Waals surface area contributed by atoms with Crippen LogP contribution < -0.4 is 10.9 Å². The number of ether oxygens (including phenoxy) is 1. The number of phenols is 1. The second-order valence-corrected chi connectivity index (χ2v) is 5.05. The Morgan fingerprint density at radius 2 is 1.94 bits per heavy atom. The number of benzene rings is 1. The molecule has 0 saturated carbocycles. The van der Waals surface area contributed by atoms with Gasteiger partial charge in [-0.15, -0.1) is 0 Å². The van der Waals surface area contributed by atoms with Crippen molar-refractivity contribution in [3.05, 3.63) is 29.8 Å². The molecular weight excluding hydrogens is 232 g/mol. The molecule has 0 aliphatic carbocycles. The summed E-state index contributed by atoms with van der Waals surface area (Å²) >= 11 is 0. The first-order valence-corrected chi connectivity index (χ1v) is 5.82. The Morgan fingerprint density at radius 1 is 1.33 bits per heavy atom. The number of hydrogen-bond acceptors (Lipinski definition) is 4. The molecule has 0 spiro atoms. The molecule has 100 valence electrons. The van der Waals surface area contributed by atoms with Crippen molar-refractivity contribution in [1.82, 2.24) is 10.9 Å². The molecule has 0 aliphatic heterocycles. The number of nitrogens with one attached hydrogen (secondary N) is 2. The molecule has 1 unspecified atom stereocenters. The van der Waals surface area contributed by atoms with Gasteiger partial charge in [0.15, 0.2) is 0 Å². The molecule has 1 rings (SSSR count). The van der Waals surface area contributed by atoms with Gasteiger partial charge in [-0.3, -0.25) is 5.43 Å². The molecule has 5 heteroatoms. The first-order chi connectivity index (χ1) is 8.29. The molecule has 0 saturated heterocycles. The van der Waals surface area contributed by atoms with Gasteiger partial charge in [-0.05, 0) is 33.8 Å². The van der Waals surface area contributed by atoms with Crippen LogP contribution in [0.15, 0.2) is 24.3 Å². The first kappa shape index (κ1) is 14.3. The third-order valence-corrected chi connectivity index (χ3v) is 2.19. The van der Waals surface area contributed by atoms with Crippen LogP contribution in [0, 0.1) is 0 Å². The summed E-state index contributed by atoms with van der Waals surface area (Å²) in [7, 11) is 0. The van der Waals surface area contributed by atoms with E-state index in [4.69, 9.17) is 4.74 Å². The second-order valence-electron chi connectivity index (χ2n) is 5.05. The summed E-state index contributed by atoms with van der Waals surface area (Å²) in [5.74, 6) is 0.184. The monoisotopic (exact) mass is 252 g/mol. The lowest BCUT2D eigenvalue weighted by atomic mass is 10.1. The lowest BCUT2D eigenvalue weighted by molar-refractivity contribution is 0.0489. The van der Waals surface area contributed by atoms with E-state index in [-0.39, 0.29) is 11.8 Å². The van der Waals surface area contributed by atoms with E-state index in [1.807, 2.05) is 13.0 Å². The SMILES string of the molecule is CC(NNC(=O)OC(C)(C)C)c1ccccc1O. The number of hydrogen-bond donors (Lipinski definition) is 3. The van der Waals surface area contributed by atoms with Gasteiger partial charge in [0, 0.05) is 5.56 Å². The minimum absolute atomic E-state index is 0.184. The van der Waals surface area contributed by atoms with Crippen molar-refractivity contribution >= 4 is 6.09 Å². The summed E-state index contributed by atoms with van der Waals surface area (Å²) in [5.41, 5.74) is 5.38. The standard InChI is InChI=1S/C13H20N2O3/c1-9(10-7-5-6-8-11(10)16)14-15-12(17)18-13(2,3)4/h5-9,14,16H,1-4H3,(H,15,17). The molecule has 0 fully saturated rings. The van der Waals surface area contributed by atoms with Gasteiger partial charge in [0.25, 0.3) is 0 Å². The Labute approximate surface area is 107 Å². The van der Waals surface area contributed by atoms with E-state index in [0.717, 1.165) is 0 Å². The van der Waals surface area contributed by atoms with E-state index in [0.29, 0.717) is 5.56 Å². The molecule has 3 N–H and O–H groups in total. The maximum absolute atomic E-state index is 11.4. The van der Waals surface area contributed by atoms with E-state index >= 15 is 0 Å². The molecule has 0 heterocycles. The average Bonchev–Trinajstić information content (AvgIpc) is 2.24. The van der Waals surface area contributed by atoms with Gasteiger partial charge in [0.05, 0.1) is 6.04 Å². The van der Waals surface area contributed by atoms with Crippen LogP contribution >= 0.6 is 0 Å². The number of phenolic OH excluding ortho intramolecular Hbond substituents is 1. The molecular formula is C13H20N2O3. The van der Waals surface area contributed by atoms with Gasteiger partial charge in [-0.25, -0.2) is 10.2 Å². The van der Waals surface area contributed by atoms with Gasteiger partial charge in [-0.1, -0.05) is 18.2 Å². The van der Waals surface area contributed by atoms with Crippen molar-refractivity contribution in [2.75, 3.05) is 0 Å². The zero-order valence-electron chi connectivity index (χ0n) is 11.2. The Hall–Kier alpha value is -1.75. The van der Waals surface area contributed by atoms with Crippen molar-refractivity contribution in [2.45, 2.75) is 39.3 Å². The molecule has 0 bridgehead atoms. The zero-order valence-corrected chi connectivity index (χ0v) is 11.2. The van der Waals surface area contributed by atoms with Crippen LogP contribution in [0.1, 0.15) is 39.3 Å². The smallest absolute Gasteiger partial charge is 0.422 e. The molecule has 1 aromatic rings. The maximum Gasteiger partial charge on any atom is 0.422 e. The Balaban J connectivity index is 2.49. The highest BCUT2D eigenvalue weighted by molar-refractivity contribution is 5.67. The normalized spacial score (nSPS) is 12.9. The molecule has 5 nitrogen and oxygen atoms in total. The minimum Gasteiger partial charge on any atom is -0.508 e. The summed E-state index contributed by atoms with van der Waals surface area (Å²) in [6.45, 7) is 7.20. The van der Waals surface area contributed by atoms with Crippen LogP contribution in [-0.2, 0) is 4.74 Å². The van der Waals surface area contributed by atoms with Crippen molar-refractivity contribution in [3.63, 3.8) is 0 Å². The third-order valence-electron chi connectivity index (χ3n) is 2.19. The van der Waals surface area contributed by atoms with Gasteiger partial charge < -0.3 is 9.84 Å². The van der Waals surface area contributed by atoms with Crippen molar-refractivity contribution in [3.8, 4) is 5.75 Å². The summed E-state index contributed by atoms with van der Waals surface area (Å²) < 4.78 is 5.08. The van der Waals surface area contributed by atoms with E-state index in [9.17, 15) is 9.90 Å². The number of carbonyl (C=O) groups excluding carboxylic acids is 1. The van der Waals surface area contributed by atoms with Gasteiger partial charge in [-0.2, -0.15) is 0 Å². The molecule has 0 radical (unpaired) electrons. The van der Waals surface area contributed by atoms with E-state index < -0.39 is 11.7 Å². The molecule has 1 amide bonds. The Bertz CT molecular complexity index is 413. The quantitative estimate of drug-likeness (QED) is 0.723. The topological polar surface area (TPSA) is 70.6 Å². The number of hydrazine groups is 1. The zero-order chi connectivity index (χ0) is 13.8. The van der Waals surface area contributed by atoms with Crippen LogP contribution in [0.3, 0.4) is 0 Å². The fourth-order valence-corrected chi connectivity index (χ4v) is 1.40. The fraction of sp³-hybridized carbons (Fsp3) is 0.462. The number of rotatable bonds is 3. The van der Waals surface area contributed by atoms with Crippen LogP contribution in [-0.4, -0.2) is 16.8 Å². The van der Waals surface area contributed by atoms with Gasteiger partial charge in [0.1, 0.15) is 11.4 Å². The lowest BCUT2D eigenvalue weighted by Gasteiger charge is -2.21. The fourth-order valence-electron chi connectivity index (χ4n) is 1.40. The Morgan fingerprint density at radius 3 is 2.50 bits per heavy atom. The predicted octanol–water partition coefficient (Wildman–Crippen LogP) is 2.48. The predicted molar refractivity (Wildman–Crippen MR) is 69.0 cm³/mol. The minimum atomic E-state index is -0.551. The van der Waals surface area contributed by atoms with Crippen molar-refractivity contribution in [1.29, 1.82) is 0 Å². The van der Waals surface area contributed by atoms with Gasteiger partial charge >= 0.3 is 6.09 Å². The Kier molecular flexibility index (Phi) is 4.55. The van der Waals surface area contributed by atoms with Crippen LogP contribution in [0.4, 0.5) is 4.79 Å². The summed E-state index contributed by atoms with van der Waals surface area (Å²) in [5, 5.41) is 9.65. The van der Waals surface area contributed by atoms with Crippen LogP contribution in [0.5, 0.6) is 5.75 Å². The largest absolute Gasteiger partial charge is 0.508 e. The van der Waals surface area contributed by atoms with E-state index in [1.54, 1.807) is 39.0 Å². The first-order valence-electron chi connectivity index (χ1n) is 5.82. The van der Waals surface area contributed by atoms with Crippen molar-refractivity contribution in [2.24, 2.45) is 0 Å². The highest BCUT2D eigenvalue weighted by atomic mass is 16.6. The number of aromatic hydroxyl groups is 1. The highest BCUT2D eigenvalue weighted by Crippen LogP contribution is 2.22. The molecule has 18 heavy (non-hydrogen) atoms. The summed E-state index contributed by atoms with van der Waals surface area (Å²) in [6, 6.07) is 6.72. The highest BCUT2D eigenvalue weighted by Gasteiger charge is 2.17. The lowest BCUT2D eigenvalue weighted by Crippen LogP contribution is -2.42. The average molecular weight is 252 g/mol. The maximum atomic E-state index is 11.4. The summed E-state index contributed by atoms with van der Waals surface area (Å²) in [6.07, 6.45) is -0.551. The van der Waals surface area contributed by atoms with E-state index in [2.05, 4.69) is 10.9 Å². The number of carbonyl (C=O) groups is 1. The number of amides is 1. The number of para-hydroxylation sites is 1. The third kappa shape index (κ3) is 4.63. The van der Waals surface area contributed by atoms with E-state index in [1.165, 1.54) is 0 Å².